The summed E-state index contributed by atoms with van der Waals surface area (Å²) in [5.74, 6) is 3.26. The van der Waals surface area contributed by atoms with Crippen LogP contribution in [0.1, 0.15) is 45.6 Å². The molecule has 3 N–H and O–H groups in total. The first-order chi connectivity index (χ1) is 15.2. The minimum atomic E-state index is 0. The maximum Gasteiger partial charge on any atom is 0.219 e. The van der Waals surface area contributed by atoms with Crippen LogP contribution < -0.4 is 20.1 Å². The molecule has 2 aromatic rings. The number of hydrogen-bond acceptors (Lipinski definition) is 5. The Balaban J connectivity index is 0.00000512. The van der Waals surface area contributed by atoms with Gasteiger partial charge in [0.05, 0.1) is 13.2 Å². The third-order valence-corrected chi connectivity index (χ3v) is 4.71. The van der Waals surface area contributed by atoms with Gasteiger partial charge in [0.15, 0.2) is 5.96 Å². The van der Waals surface area contributed by atoms with Crippen LogP contribution in [0.4, 0.5) is 0 Å². The molecule has 0 radical (unpaired) electrons. The van der Waals surface area contributed by atoms with E-state index in [1.165, 1.54) is 0 Å². The van der Waals surface area contributed by atoms with E-state index in [1.54, 1.807) is 6.20 Å². The topological polar surface area (TPSA) is 88.0 Å². The molecule has 1 aromatic carbocycles. The number of nitrogens with zero attached hydrogens (tertiary/aromatic N) is 2. The number of aromatic nitrogens is 1. The third-order valence-electron chi connectivity index (χ3n) is 4.71. The van der Waals surface area contributed by atoms with Crippen LogP contribution in [0.15, 0.2) is 47.6 Å². The molecule has 8 heteroatoms. The van der Waals surface area contributed by atoms with Crippen LogP contribution in [0.3, 0.4) is 0 Å². The molecule has 0 spiro atoms. The van der Waals surface area contributed by atoms with Crippen molar-refractivity contribution in [3.63, 3.8) is 0 Å². The quantitative estimate of drug-likeness (QED) is 0.188. The van der Waals surface area contributed by atoms with Crippen LogP contribution in [-0.2, 0) is 6.54 Å². The van der Waals surface area contributed by atoms with Crippen LogP contribution in [-0.4, -0.2) is 42.4 Å². The number of guanidine groups is 1. The fourth-order valence-corrected chi connectivity index (χ4v) is 3.19. The van der Waals surface area contributed by atoms with E-state index in [4.69, 9.17) is 9.47 Å². The SMILES string of the molecule is CCCC(CCO)CNC(=NCc1ccnc(Oc2ccc(OCC)cc2)c1)NCC.I. The molecule has 0 saturated heterocycles. The second-order valence-electron chi connectivity index (χ2n) is 7.25. The lowest BCUT2D eigenvalue weighted by Gasteiger charge is -2.18. The van der Waals surface area contributed by atoms with E-state index in [9.17, 15) is 5.11 Å². The van der Waals surface area contributed by atoms with Gasteiger partial charge in [0.1, 0.15) is 11.5 Å². The number of ether oxygens (including phenoxy) is 2. The van der Waals surface area contributed by atoms with Crippen LogP contribution in [0.2, 0.25) is 0 Å². The first kappa shape index (κ1) is 28.0. The Bertz CT molecular complexity index is 781. The van der Waals surface area contributed by atoms with Gasteiger partial charge in [-0.25, -0.2) is 9.98 Å². The summed E-state index contributed by atoms with van der Waals surface area (Å²) in [6, 6.07) is 11.3. The number of aliphatic hydroxyl groups is 1. The van der Waals surface area contributed by atoms with E-state index in [2.05, 4.69) is 27.5 Å². The molecule has 178 valence electrons. The van der Waals surface area contributed by atoms with Gasteiger partial charge < -0.3 is 25.2 Å². The maximum atomic E-state index is 9.26. The smallest absolute Gasteiger partial charge is 0.219 e. The normalized spacial score (nSPS) is 11.9. The molecule has 7 nitrogen and oxygen atoms in total. The van der Waals surface area contributed by atoms with Gasteiger partial charge in [-0.1, -0.05) is 13.3 Å². The highest BCUT2D eigenvalue weighted by Gasteiger charge is 2.08. The van der Waals surface area contributed by atoms with Crippen molar-refractivity contribution in [1.29, 1.82) is 0 Å². The molecule has 0 aliphatic heterocycles. The summed E-state index contributed by atoms with van der Waals surface area (Å²) in [7, 11) is 0. The zero-order valence-corrected chi connectivity index (χ0v) is 21.7. The van der Waals surface area contributed by atoms with Gasteiger partial charge in [0.2, 0.25) is 5.88 Å². The van der Waals surface area contributed by atoms with Crippen molar-refractivity contribution < 1.29 is 14.6 Å². The molecule has 1 heterocycles. The summed E-state index contributed by atoms with van der Waals surface area (Å²) in [6.45, 7) is 9.11. The number of aliphatic hydroxyl groups excluding tert-OH is 1. The van der Waals surface area contributed by atoms with Crippen molar-refractivity contribution in [1.82, 2.24) is 15.6 Å². The Kier molecular flexibility index (Phi) is 14.5. The number of rotatable bonds is 13. The molecule has 32 heavy (non-hydrogen) atoms. The van der Waals surface area contributed by atoms with E-state index in [0.717, 1.165) is 49.6 Å². The third kappa shape index (κ3) is 10.5. The van der Waals surface area contributed by atoms with E-state index in [0.29, 0.717) is 30.7 Å². The van der Waals surface area contributed by atoms with Gasteiger partial charge in [0.25, 0.3) is 0 Å². The Hall–Kier alpha value is -2.07. The molecule has 1 aromatic heterocycles. The summed E-state index contributed by atoms with van der Waals surface area (Å²) >= 11 is 0. The molecular formula is C24H37IN4O3. The Morgan fingerprint density at radius 2 is 1.81 bits per heavy atom. The average Bonchev–Trinajstić information content (AvgIpc) is 2.78. The lowest BCUT2D eigenvalue weighted by atomic mass is 10.0. The molecule has 1 unspecified atom stereocenters. The number of aliphatic imine (C=N–C) groups is 1. The average molecular weight is 556 g/mol. The lowest BCUT2D eigenvalue weighted by Crippen LogP contribution is -2.40. The highest BCUT2D eigenvalue weighted by atomic mass is 127. The summed E-state index contributed by atoms with van der Waals surface area (Å²) < 4.78 is 11.3. The Morgan fingerprint density at radius 3 is 2.47 bits per heavy atom. The van der Waals surface area contributed by atoms with Crippen LogP contribution >= 0.6 is 24.0 Å². The van der Waals surface area contributed by atoms with E-state index in [-0.39, 0.29) is 30.6 Å². The molecule has 0 amide bonds. The predicted octanol–water partition coefficient (Wildman–Crippen LogP) is 4.74. The molecule has 0 aliphatic rings. The van der Waals surface area contributed by atoms with Crippen molar-refractivity contribution >= 4 is 29.9 Å². The van der Waals surface area contributed by atoms with Gasteiger partial charge >= 0.3 is 0 Å². The van der Waals surface area contributed by atoms with Crippen LogP contribution in [0.5, 0.6) is 17.4 Å². The minimum absolute atomic E-state index is 0. The van der Waals surface area contributed by atoms with Crippen molar-refractivity contribution in [2.75, 3.05) is 26.3 Å². The number of halogens is 1. The number of pyridine rings is 1. The van der Waals surface area contributed by atoms with Gasteiger partial charge in [-0.05, 0) is 68.5 Å². The summed E-state index contributed by atoms with van der Waals surface area (Å²) in [5, 5.41) is 15.9. The molecule has 0 saturated carbocycles. The van der Waals surface area contributed by atoms with Gasteiger partial charge in [-0.3, -0.25) is 0 Å². The minimum Gasteiger partial charge on any atom is -0.494 e. The first-order valence-corrected chi connectivity index (χ1v) is 11.2. The number of benzene rings is 1. The van der Waals surface area contributed by atoms with E-state index < -0.39 is 0 Å². The number of hydrogen-bond donors (Lipinski definition) is 3. The van der Waals surface area contributed by atoms with Crippen LogP contribution in [0, 0.1) is 5.92 Å². The summed E-state index contributed by atoms with van der Waals surface area (Å²) in [6.07, 6.45) is 4.72. The molecule has 1 atom stereocenters. The summed E-state index contributed by atoms with van der Waals surface area (Å²) in [4.78, 5) is 8.99. The fourth-order valence-electron chi connectivity index (χ4n) is 3.19. The molecule has 2 rings (SSSR count). The highest BCUT2D eigenvalue weighted by Crippen LogP contribution is 2.23. The van der Waals surface area contributed by atoms with Crippen molar-refractivity contribution in [2.45, 2.75) is 46.6 Å². The second-order valence-corrected chi connectivity index (χ2v) is 7.25. The highest BCUT2D eigenvalue weighted by molar-refractivity contribution is 14.0. The van der Waals surface area contributed by atoms with Gasteiger partial charge in [-0.2, -0.15) is 0 Å². The van der Waals surface area contributed by atoms with Crippen molar-refractivity contribution in [2.24, 2.45) is 10.9 Å². The summed E-state index contributed by atoms with van der Waals surface area (Å²) in [5.41, 5.74) is 1.01. The van der Waals surface area contributed by atoms with Gasteiger partial charge in [0, 0.05) is 32.0 Å². The van der Waals surface area contributed by atoms with E-state index >= 15 is 0 Å². The Morgan fingerprint density at radius 1 is 1.06 bits per heavy atom. The predicted molar refractivity (Wildman–Crippen MR) is 140 cm³/mol. The van der Waals surface area contributed by atoms with Crippen molar-refractivity contribution in [3.05, 3.63) is 48.2 Å². The van der Waals surface area contributed by atoms with Gasteiger partial charge in [-0.15, -0.1) is 24.0 Å². The standard InChI is InChI=1S/C24H36N4O3.HI/c1-4-7-19(13-15-29)17-27-24(25-5-2)28-18-20-12-14-26-23(16-20)31-22-10-8-21(9-11-22)30-6-3;/h8-12,14,16,19,29H,4-7,13,15,17-18H2,1-3H3,(H2,25,27,28);1H. The molecular weight excluding hydrogens is 519 g/mol. The molecule has 0 aliphatic carbocycles. The zero-order chi connectivity index (χ0) is 22.3. The molecule has 0 fully saturated rings. The fraction of sp³-hybridized carbons (Fsp3) is 0.500. The largest absolute Gasteiger partial charge is 0.494 e. The molecule has 0 bridgehead atoms. The zero-order valence-electron chi connectivity index (χ0n) is 19.3. The lowest BCUT2D eigenvalue weighted by molar-refractivity contribution is 0.251. The monoisotopic (exact) mass is 556 g/mol. The Labute approximate surface area is 209 Å². The maximum absolute atomic E-state index is 9.26. The first-order valence-electron chi connectivity index (χ1n) is 11.2. The van der Waals surface area contributed by atoms with E-state index in [1.807, 2.05) is 50.2 Å². The van der Waals surface area contributed by atoms with Crippen LogP contribution in [0.25, 0.3) is 0 Å². The van der Waals surface area contributed by atoms with Crippen molar-refractivity contribution in [3.8, 4) is 17.4 Å². The second kappa shape index (κ2) is 16.5. The number of nitrogens with one attached hydrogen (secondary N) is 2.